The van der Waals surface area contributed by atoms with Crippen molar-refractivity contribution in [2.75, 3.05) is 18.2 Å². The summed E-state index contributed by atoms with van der Waals surface area (Å²) in [5.74, 6) is -2.42. The molecule has 158 valence electrons. The van der Waals surface area contributed by atoms with Gasteiger partial charge < -0.3 is 14.6 Å². The first-order valence-electron chi connectivity index (χ1n) is 8.79. The molecular weight excluding hydrogens is 418 g/mol. The summed E-state index contributed by atoms with van der Waals surface area (Å²) in [6.45, 7) is 1.73. The zero-order chi connectivity index (χ0) is 21.9. The molecule has 1 heterocycles. The van der Waals surface area contributed by atoms with Crippen LogP contribution in [0.3, 0.4) is 0 Å². The number of aromatic nitrogens is 1. The zero-order valence-corrected chi connectivity index (χ0v) is 16.9. The molecular formula is C20H18F2N2O5S. The average Bonchev–Trinajstić information content (AvgIpc) is 3.15. The molecule has 1 aromatic heterocycles. The number of halogens is 2. The topological polar surface area (TPSA) is 98.5 Å². The molecule has 0 aliphatic heterocycles. The Bertz CT molecular complexity index is 1190. The molecule has 1 amide bonds. The third-order valence-electron chi connectivity index (χ3n) is 4.21. The summed E-state index contributed by atoms with van der Waals surface area (Å²) < 4.78 is 62.8. The highest BCUT2D eigenvalue weighted by Gasteiger charge is 2.23. The molecule has 0 radical (unpaired) electrons. The van der Waals surface area contributed by atoms with Gasteiger partial charge in [-0.1, -0.05) is 5.16 Å². The van der Waals surface area contributed by atoms with Crippen molar-refractivity contribution in [3.63, 3.8) is 0 Å². The molecule has 3 aromatic rings. The average molecular weight is 436 g/mol. The van der Waals surface area contributed by atoms with Crippen molar-refractivity contribution in [2.24, 2.45) is 0 Å². The Kier molecular flexibility index (Phi) is 6.16. The molecule has 1 N–H and O–H groups in total. The van der Waals surface area contributed by atoms with Crippen LogP contribution in [0, 0.1) is 18.6 Å². The van der Waals surface area contributed by atoms with Crippen LogP contribution in [0.4, 0.5) is 14.5 Å². The minimum Gasteiger partial charge on any atom is -0.495 e. The minimum absolute atomic E-state index is 0.103. The van der Waals surface area contributed by atoms with Gasteiger partial charge in [-0.25, -0.2) is 17.2 Å². The number of rotatable bonds is 7. The highest BCUT2D eigenvalue weighted by molar-refractivity contribution is 7.91. The molecule has 0 aliphatic rings. The lowest BCUT2D eigenvalue weighted by atomic mass is 10.1. The molecule has 0 unspecified atom stereocenters. The lowest BCUT2D eigenvalue weighted by Gasteiger charge is -2.11. The highest BCUT2D eigenvalue weighted by atomic mass is 32.2. The summed E-state index contributed by atoms with van der Waals surface area (Å²) in [6, 6.07) is 8.71. The van der Waals surface area contributed by atoms with E-state index in [0.29, 0.717) is 17.0 Å². The molecule has 0 aliphatic carbocycles. The maximum Gasteiger partial charge on any atom is 0.225 e. The molecule has 3 rings (SSSR count). The minimum atomic E-state index is -3.95. The van der Waals surface area contributed by atoms with Crippen molar-refractivity contribution in [1.29, 1.82) is 0 Å². The van der Waals surface area contributed by atoms with E-state index in [0.717, 1.165) is 18.2 Å². The second-order valence-corrected chi connectivity index (χ2v) is 8.52. The van der Waals surface area contributed by atoms with Gasteiger partial charge in [-0.3, -0.25) is 4.79 Å². The molecule has 2 aromatic carbocycles. The van der Waals surface area contributed by atoms with Gasteiger partial charge in [0.2, 0.25) is 5.91 Å². The predicted molar refractivity (Wildman–Crippen MR) is 105 cm³/mol. The quantitative estimate of drug-likeness (QED) is 0.606. The lowest BCUT2D eigenvalue weighted by molar-refractivity contribution is -0.115. The van der Waals surface area contributed by atoms with Crippen molar-refractivity contribution in [3.05, 3.63) is 59.8 Å². The number of amides is 1. The van der Waals surface area contributed by atoms with Crippen LogP contribution in [0.1, 0.15) is 12.1 Å². The Morgan fingerprint density at radius 2 is 1.93 bits per heavy atom. The zero-order valence-electron chi connectivity index (χ0n) is 16.1. The Labute approximate surface area is 171 Å². The second-order valence-electron chi connectivity index (χ2n) is 6.44. The number of hydrogen-bond acceptors (Lipinski definition) is 6. The van der Waals surface area contributed by atoms with Gasteiger partial charge in [0.1, 0.15) is 22.3 Å². The normalized spacial score (nSPS) is 11.3. The van der Waals surface area contributed by atoms with E-state index in [9.17, 15) is 22.0 Å². The van der Waals surface area contributed by atoms with Crippen LogP contribution in [-0.4, -0.2) is 32.3 Å². The summed E-state index contributed by atoms with van der Waals surface area (Å²) in [5.41, 5.74) is 0.741. The Morgan fingerprint density at radius 1 is 1.17 bits per heavy atom. The van der Waals surface area contributed by atoms with Crippen LogP contribution in [0.15, 0.2) is 51.9 Å². The van der Waals surface area contributed by atoms with Crippen molar-refractivity contribution in [1.82, 2.24) is 5.16 Å². The van der Waals surface area contributed by atoms with Gasteiger partial charge >= 0.3 is 0 Å². The first kappa shape index (κ1) is 21.4. The van der Waals surface area contributed by atoms with Gasteiger partial charge in [0.05, 0.1) is 24.2 Å². The monoisotopic (exact) mass is 436 g/mol. The Hall–Kier alpha value is -3.27. The van der Waals surface area contributed by atoms with Crippen LogP contribution < -0.4 is 10.1 Å². The number of sulfone groups is 1. The van der Waals surface area contributed by atoms with E-state index < -0.39 is 39.6 Å². The highest BCUT2D eigenvalue weighted by Crippen LogP contribution is 2.31. The molecule has 0 saturated carbocycles. The molecule has 10 heteroatoms. The number of ether oxygens (including phenoxy) is 1. The number of nitrogens with one attached hydrogen (secondary N) is 1. The molecule has 0 fully saturated rings. The number of hydrogen-bond donors (Lipinski definition) is 1. The van der Waals surface area contributed by atoms with E-state index in [-0.39, 0.29) is 16.3 Å². The van der Waals surface area contributed by atoms with Gasteiger partial charge in [0.25, 0.3) is 0 Å². The van der Waals surface area contributed by atoms with Crippen molar-refractivity contribution in [2.45, 2.75) is 18.2 Å². The van der Waals surface area contributed by atoms with Crippen LogP contribution in [0.5, 0.6) is 5.75 Å². The van der Waals surface area contributed by atoms with E-state index in [1.165, 1.54) is 19.2 Å². The summed E-state index contributed by atoms with van der Waals surface area (Å²) in [4.78, 5) is 12.0. The fourth-order valence-electron chi connectivity index (χ4n) is 2.72. The van der Waals surface area contributed by atoms with E-state index in [1.807, 2.05) is 0 Å². The van der Waals surface area contributed by atoms with Crippen LogP contribution in [0.25, 0.3) is 11.3 Å². The molecule has 0 saturated heterocycles. The van der Waals surface area contributed by atoms with E-state index in [2.05, 4.69) is 10.5 Å². The van der Waals surface area contributed by atoms with Crippen molar-refractivity contribution in [3.8, 4) is 17.1 Å². The van der Waals surface area contributed by atoms with Crippen molar-refractivity contribution >= 4 is 21.4 Å². The summed E-state index contributed by atoms with van der Waals surface area (Å²) in [6.07, 6.45) is -0.465. The third kappa shape index (κ3) is 4.82. The number of benzene rings is 2. The second kappa shape index (κ2) is 8.62. The largest absolute Gasteiger partial charge is 0.495 e. The number of carbonyl (C=O) groups excluding carboxylic acids is 1. The number of aryl methyl sites for hydroxylation is 1. The first-order valence-corrected chi connectivity index (χ1v) is 10.4. The molecule has 7 nitrogen and oxygen atoms in total. The molecule has 30 heavy (non-hydrogen) atoms. The Balaban J connectivity index is 1.79. The SMILES string of the molecule is COc1ccc(-c2cc(C)no2)cc1S(=O)(=O)CCC(=O)Nc1cc(F)ccc1F. The van der Waals surface area contributed by atoms with Gasteiger partial charge in [0.15, 0.2) is 15.6 Å². The van der Waals surface area contributed by atoms with Gasteiger partial charge in [-0.15, -0.1) is 0 Å². The molecule has 0 spiro atoms. The number of methoxy groups -OCH3 is 1. The van der Waals surface area contributed by atoms with Gasteiger partial charge in [-0.05, 0) is 37.3 Å². The first-order chi connectivity index (χ1) is 14.2. The van der Waals surface area contributed by atoms with Crippen LogP contribution >= 0.6 is 0 Å². The number of nitrogens with zero attached hydrogens (tertiary/aromatic N) is 1. The van der Waals surface area contributed by atoms with Crippen LogP contribution in [-0.2, 0) is 14.6 Å². The van der Waals surface area contributed by atoms with E-state index >= 15 is 0 Å². The van der Waals surface area contributed by atoms with Crippen LogP contribution in [0.2, 0.25) is 0 Å². The third-order valence-corrected chi connectivity index (χ3v) is 5.94. The van der Waals surface area contributed by atoms with Gasteiger partial charge in [0, 0.05) is 24.1 Å². The van der Waals surface area contributed by atoms with Gasteiger partial charge in [-0.2, -0.15) is 0 Å². The maximum atomic E-state index is 13.6. The fraction of sp³-hybridized carbons (Fsp3) is 0.200. The number of anilines is 1. The standard InChI is InChI=1S/C20H18F2N2O5S/c1-12-9-18(29-24-12)13-3-6-17(28-2)19(10-13)30(26,27)8-7-20(25)23-16-11-14(21)4-5-15(16)22/h3-6,9-11H,7-8H2,1-2H3,(H,23,25). The maximum absolute atomic E-state index is 13.6. The molecule has 0 bridgehead atoms. The fourth-order valence-corrected chi connectivity index (χ4v) is 4.15. The smallest absolute Gasteiger partial charge is 0.225 e. The summed E-state index contributed by atoms with van der Waals surface area (Å²) in [7, 11) is -2.62. The van der Waals surface area contributed by atoms with E-state index in [4.69, 9.17) is 9.26 Å². The predicted octanol–water partition coefficient (Wildman–Crippen LogP) is 3.74. The molecule has 0 atom stereocenters. The van der Waals surface area contributed by atoms with Crippen molar-refractivity contribution < 1.29 is 31.3 Å². The Morgan fingerprint density at radius 3 is 2.60 bits per heavy atom. The summed E-state index contributed by atoms with van der Waals surface area (Å²) >= 11 is 0. The summed E-state index contributed by atoms with van der Waals surface area (Å²) in [5, 5.41) is 5.94. The lowest BCUT2D eigenvalue weighted by Crippen LogP contribution is -2.18. The van der Waals surface area contributed by atoms with E-state index in [1.54, 1.807) is 19.1 Å². The number of carbonyl (C=O) groups is 1.